The van der Waals surface area contributed by atoms with Crippen molar-refractivity contribution in [3.8, 4) is 0 Å². The molecule has 1 fully saturated rings. The largest absolute Gasteiger partial charge is 0.469 e. The van der Waals surface area contributed by atoms with E-state index in [2.05, 4.69) is 0 Å². The number of hydrogen-bond donors (Lipinski definition) is 0. The van der Waals surface area contributed by atoms with Gasteiger partial charge in [0.2, 0.25) is 5.91 Å². The molecule has 0 saturated heterocycles. The number of benzene rings is 1. The van der Waals surface area contributed by atoms with Gasteiger partial charge in [0.25, 0.3) is 0 Å². The number of halogens is 1. The number of nitrogens with zero attached hydrogens (tertiary/aromatic N) is 1. The summed E-state index contributed by atoms with van der Waals surface area (Å²) in [6.45, 7) is 2.20. The van der Waals surface area contributed by atoms with Crippen molar-refractivity contribution in [1.82, 2.24) is 4.90 Å². The fourth-order valence-corrected chi connectivity index (χ4v) is 3.52. The van der Waals surface area contributed by atoms with Gasteiger partial charge < -0.3 is 9.64 Å². The van der Waals surface area contributed by atoms with Crippen LogP contribution in [0.4, 0.5) is 0 Å². The summed E-state index contributed by atoms with van der Waals surface area (Å²) in [7, 11) is 1.39. The molecule has 1 aliphatic rings. The Bertz CT molecular complexity index is 619. The second-order valence-corrected chi connectivity index (χ2v) is 7.38. The predicted molar refractivity (Wildman–Crippen MR) is 105 cm³/mol. The normalized spacial score (nSPS) is 16.9. The molecule has 142 valence electrons. The van der Waals surface area contributed by atoms with Crippen LogP contribution in [0.25, 0.3) is 6.08 Å². The summed E-state index contributed by atoms with van der Waals surface area (Å²) in [6, 6.07) is 7.53. The van der Waals surface area contributed by atoms with Crippen molar-refractivity contribution in [3.05, 3.63) is 40.9 Å². The number of rotatable bonds is 6. The van der Waals surface area contributed by atoms with Crippen molar-refractivity contribution in [2.24, 2.45) is 5.92 Å². The van der Waals surface area contributed by atoms with Gasteiger partial charge in [-0.1, -0.05) is 56.3 Å². The zero-order chi connectivity index (χ0) is 18.9. The van der Waals surface area contributed by atoms with Crippen molar-refractivity contribution < 1.29 is 14.3 Å². The van der Waals surface area contributed by atoms with E-state index in [1.807, 2.05) is 24.0 Å². The van der Waals surface area contributed by atoms with Gasteiger partial charge in [0, 0.05) is 23.7 Å². The highest BCUT2D eigenvalue weighted by atomic mass is 35.5. The number of carbonyl (C=O) groups excluding carboxylic acids is 2. The summed E-state index contributed by atoms with van der Waals surface area (Å²) in [5.41, 5.74) is 0.921. The number of methoxy groups -OCH3 is 1. The Morgan fingerprint density at radius 3 is 2.38 bits per heavy atom. The maximum atomic E-state index is 12.9. The molecule has 26 heavy (non-hydrogen) atoms. The quantitative estimate of drug-likeness (QED) is 0.409. The molecule has 0 aromatic heterocycles. The molecule has 1 atom stereocenters. The highest BCUT2D eigenvalue weighted by Crippen LogP contribution is 2.23. The zero-order valence-electron chi connectivity index (χ0n) is 15.6. The highest BCUT2D eigenvalue weighted by Gasteiger charge is 2.27. The van der Waals surface area contributed by atoms with Crippen LogP contribution in [0.2, 0.25) is 5.02 Å². The van der Waals surface area contributed by atoms with Crippen molar-refractivity contribution >= 4 is 29.6 Å². The fraction of sp³-hybridized carbons (Fsp3) is 0.524. The van der Waals surface area contributed by atoms with Gasteiger partial charge in [-0.15, -0.1) is 0 Å². The molecular formula is C21H28ClNO3. The molecule has 0 bridgehead atoms. The standard InChI is InChI=1S/C21H28ClNO3/c1-16(21(25)26-2)15-23(19-7-5-3-4-6-8-19)20(24)14-11-17-9-12-18(22)13-10-17/h9-14,16,19H,3-8,15H2,1-2H3/b14-11+. The molecule has 1 aliphatic carbocycles. The van der Waals surface area contributed by atoms with Gasteiger partial charge in [0.15, 0.2) is 0 Å². The summed E-state index contributed by atoms with van der Waals surface area (Å²) < 4.78 is 4.84. The van der Waals surface area contributed by atoms with Gasteiger partial charge in [-0.2, -0.15) is 0 Å². The van der Waals surface area contributed by atoms with E-state index in [-0.39, 0.29) is 23.8 Å². The molecule has 1 unspecified atom stereocenters. The Morgan fingerprint density at radius 2 is 1.81 bits per heavy atom. The number of ether oxygens (including phenoxy) is 1. The van der Waals surface area contributed by atoms with Crippen LogP contribution in [0.15, 0.2) is 30.3 Å². The van der Waals surface area contributed by atoms with Crippen LogP contribution in [0.1, 0.15) is 51.0 Å². The summed E-state index contributed by atoms with van der Waals surface area (Å²) in [5, 5.41) is 0.667. The molecule has 0 heterocycles. The highest BCUT2D eigenvalue weighted by molar-refractivity contribution is 6.30. The van der Waals surface area contributed by atoms with E-state index in [4.69, 9.17) is 16.3 Å². The molecule has 1 aromatic carbocycles. The number of hydrogen-bond acceptors (Lipinski definition) is 3. The molecule has 4 nitrogen and oxygen atoms in total. The van der Waals surface area contributed by atoms with E-state index >= 15 is 0 Å². The molecule has 5 heteroatoms. The third-order valence-electron chi connectivity index (χ3n) is 4.91. The minimum atomic E-state index is -0.337. The first-order valence-corrected chi connectivity index (χ1v) is 9.71. The third-order valence-corrected chi connectivity index (χ3v) is 5.16. The van der Waals surface area contributed by atoms with Gasteiger partial charge >= 0.3 is 5.97 Å². The lowest BCUT2D eigenvalue weighted by atomic mass is 10.0. The predicted octanol–water partition coefficient (Wildman–Crippen LogP) is 4.71. The first-order valence-electron chi connectivity index (χ1n) is 9.33. The average Bonchev–Trinajstić information content (AvgIpc) is 2.93. The number of carbonyl (C=O) groups is 2. The zero-order valence-corrected chi connectivity index (χ0v) is 16.4. The van der Waals surface area contributed by atoms with Crippen LogP contribution >= 0.6 is 11.6 Å². The number of esters is 1. The van der Waals surface area contributed by atoms with Crippen molar-refractivity contribution in [1.29, 1.82) is 0 Å². The minimum absolute atomic E-state index is 0.0531. The SMILES string of the molecule is COC(=O)C(C)CN(C(=O)/C=C/c1ccc(Cl)cc1)C1CCCCCC1. The van der Waals surface area contributed by atoms with Crippen LogP contribution in [-0.4, -0.2) is 36.5 Å². The average molecular weight is 378 g/mol. The van der Waals surface area contributed by atoms with Gasteiger partial charge in [-0.3, -0.25) is 9.59 Å². The van der Waals surface area contributed by atoms with E-state index in [0.717, 1.165) is 31.2 Å². The minimum Gasteiger partial charge on any atom is -0.469 e. The Balaban J connectivity index is 2.13. The lowest BCUT2D eigenvalue weighted by Crippen LogP contribution is -2.43. The first-order chi connectivity index (χ1) is 12.5. The molecule has 0 aliphatic heterocycles. The van der Waals surface area contributed by atoms with E-state index in [1.165, 1.54) is 20.0 Å². The Kier molecular flexibility index (Phi) is 8.17. The molecule has 0 spiro atoms. The monoisotopic (exact) mass is 377 g/mol. The molecule has 1 aromatic rings. The second-order valence-electron chi connectivity index (χ2n) is 6.95. The van der Waals surface area contributed by atoms with Crippen LogP contribution in [0.3, 0.4) is 0 Å². The topological polar surface area (TPSA) is 46.6 Å². The maximum Gasteiger partial charge on any atom is 0.310 e. The molecule has 0 N–H and O–H groups in total. The Labute approximate surface area is 161 Å². The lowest BCUT2D eigenvalue weighted by molar-refractivity contribution is -0.146. The molecular weight excluding hydrogens is 350 g/mol. The van der Waals surface area contributed by atoms with E-state index < -0.39 is 0 Å². The summed E-state index contributed by atoms with van der Waals surface area (Å²) >= 11 is 5.90. The molecule has 0 radical (unpaired) electrons. The Morgan fingerprint density at radius 1 is 1.19 bits per heavy atom. The van der Waals surface area contributed by atoms with Crippen LogP contribution < -0.4 is 0 Å². The third kappa shape index (κ3) is 6.17. The van der Waals surface area contributed by atoms with Gasteiger partial charge in [-0.25, -0.2) is 0 Å². The van der Waals surface area contributed by atoms with Crippen molar-refractivity contribution in [2.45, 2.75) is 51.5 Å². The smallest absolute Gasteiger partial charge is 0.310 e. The van der Waals surface area contributed by atoms with Gasteiger partial charge in [0.1, 0.15) is 0 Å². The molecule has 1 amide bonds. The van der Waals surface area contributed by atoms with E-state index in [9.17, 15) is 9.59 Å². The summed E-state index contributed by atoms with van der Waals surface area (Å²) in [6.07, 6.45) is 10.1. The fourth-order valence-electron chi connectivity index (χ4n) is 3.40. The van der Waals surface area contributed by atoms with E-state index in [1.54, 1.807) is 24.3 Å². The first kappa shape index (κ1) is 20.5. The lowest BCUT2D eigenvalue weighted by Gasteiger charge is -2.32. The van der Waals surface area contributed by atoms with Crippen molar-refractivity contribution in [2.75, 3.05) is 13.7 Å². The van der Waals surface area contributed by atoms with Gasteiger partial charge in [-0.05, 0) is 36.6 Å². The van der Waals surface area contributed by atoms with Crippen LogP contribution in [-0.2, 0) is 14.3 Å². The second kappa shape index (κ2) is 10.4. The summed E-state index contributed by atoms with van der Waals surface area (Å²) in [4.78, 5) is 26.6. The van der Waals surface area contributed by atoms with Crippen LogP contribution in [0.5, 0.6) is 0 Å². The van der Waals surface area contributed by atoms with E-state index in [0.29, 0.717) is 11.6 Å². The van der Waals surface area contributed by atoms with Crippen molar-refractivity contribution in [3.63, 3.8) is 0 Å². The van der Waals surface area contributed by atoms with Crippen LogP contribution in [0, 0.1) is 5.92 Å². The van der Waals surface area contributed by atoms with Gasteiger partial charge in [0.05, 0.1) is 13.0 Å². The molecule has 1 saturated carbocycles. The molecule has 2 rings (SSSR count). The number of amides is 1. The maximum absolute atomic E-state index is 12.9. The Hall–Kier alpha value is -1.81. The summed E-state index contributed by atoms with van der Waals surface area (Å²) in [5.74, 6) is -0.670.